The molecule has 3 nitrogen and oxygen atoms in total. The van der Waals surface area contributed by atoms with E-state index in [9.17, 15) is 9.18 Å². The summed E-state index contributed by atoms with van der Waals surface area (Å²) in [6.07, 6.45) is 1.25. The SMILES string of the molecule is CCC.O=C(NCc1ccccc1)c1cc2cc(Cl)c(F)cc2[nH]1. The number of hydrogen-bond acceptors (Lipinski definition) is 1. The van der Waals surface area contributed by atoms with Crippen LogP contribution in [-0.4, -0.2) is 10.9 Å². The molecule has 0 aliphatic heterocycles. The third kappa shape index (κ3) is 4.59. The van der Waals surface area contributed by atoms with Gasteiger partial charge in [0, 0.05) is 17.4 Å². The predicted octanol–water partition coefficient (Wildman–Crippen LogP) is 5.31. The van der Waals surface area contributed by atoms with E-state index in [1.165, 1.54) is 18.6 Å². The Morgan fingerprint density at radius 3 is 2.50 bits per heavy atom. The van der Waals surface area contributed by atoms with E-state index >= 15 is 0 Å². The normalized spacial score (nSPS) is 10.2. The molecule has 0 bridgehead atoms. The number of halogens is 2. The standard InChI is InChI=1S/C16H12ClFN2O.C3H8/c17-12-6-11-7-15(20-14(11)8-13(12)18)16(21)19-9-10-4-2-1-3-5-10;1-3-2/h1-8,20H,9H2,(H,19,21);3H2,1-2H3. The third-order valence-corrected chi connectivity index (χ3v) is 3.49. The molecule has 3 rings (SSSR count). The average Bonchev–Trinajstić information content (AvgIpc) is 2.97. The van der Waals surface area contributed by atoms with Gasteiger partial charge in [-0.05, 0) is 23.8 Å². The first kappa shape index (κ1) is 18.0. The predicted molar refractivity (Wildman–Crippen MR) is 96.8 cm³/mol. The molecule has 0 spiro atoms. The summed E-state index contributed by atoms with van der Waals surface area (Å²) in [5, 5.41) is 3.55. The molecule has 2 aromatic carbocycles. The fourth-order valence-electron chi connectivity index (χ4n) is 2.12. The quantitative estimate of drug-likeness (QED) is 0.663. The molecular weight excluding hydrogens is 327 g/mol. The number of benzene rings is 2. The monoisotopic (exact) mass is 346 g/mol. The molecule has 0 fully saturated rings. The van der Waals surface area contributed by atoms with E-state index in [0.29, 0.717) is 23.1 Å². The van der Waals surface area contributed by atoms with Crippen LogP contribution in [0.1, 0.15) is 36.3 Å². The number of carbonyl (C=O) groups is 1. The summed E-state index contributed by atoms with van der Waals surface area (Å²) in [5.74, 6) is -0.756. The van der Waals surface area contributed by atoms with Crippen molar-refractivity contribution in [3.8, 4) is 0 Å². The first-order valence-corrected chi connectivity index (χ1v) is 8.22. The minimum atomic E-state index is -0.512. The Kier molecular flexibility index (Phi) is 6.38. The van der Waals surface area contributed by atoms with Gasteiger partial charge < -0.3 is 10.3 Å². The largest absolute Gasteiger partial charge is 0.350 e. The van der Waals surface area contributed by atoms with Crippen molar-refractivity contribution in [2.24, 2.45) is 0 Å². The van der Waals surface area contributed by atoms with Crippen LogP contribution in [0.4, 0.5) is 4.39 Å². The number of nitrogens with one attached hydrogen (secondary N) is 2. The van der Waals surface area contributed by atoms with Gasteiger partial charge in [0.05, 0.1) is 5.02 Å². The van der Waals surface area contributed by atoms with Crippen molar-refractivity contribution in [3.63, 3.8) is 0 Å². The lowest BCUT2D eigenvalue weighted by atomic mass is 10.2. The number of amides is 1. The summed E-state index contributed by atoms with van der Waals surface area (Å²) in [7, 11) is 0. The zero-order valence-corrected chi connectivity index (χ0v) is 14.5. The Balaban J connectivity index is 0.000000647. The Morgan fingerprint density at radius 1 is 1.17 bits per heavy atom. The highest BCUT2D eigenvalue weighted by atomic mass is 35.5. The Morgan fingerprint density at radius 2 is 1.83 bits per heavy atom. The number of H-pyrrole nitrogens is 1. The topological polar surface area (TPSA) is 44.9 Å². The molecule has 126 valence electrons. The Bertz CT molecular complexity index is 776. The van der Waals surface area contributed by atoms with E-state index in [2.05, 4.69) is 24.1 Å². The van der Waals surface area contributed by atoms with Gasteiger partial charge in [-0.2, -0.15) is 0 Å². The molecule has 0 saturated carbocycles. The molecule has 0 saturated heterocycles. The van der Waals surface area contributed by atoms with Crippen molar-refractivity contribution in [2.45, 2.75) is 26.8 Å². The number of carbonyl (C=O) groups excluding carboxylic acids is 1. The van der Waals surface area contributed by atoms with E-state index in [0.717, 1.165) is 5.56 Å². The van der Waals surface area contributed by atoms with Gasteiger partial charge in [0.25, 0.3) is 5.91 Å². The van der Waals surface area contributed by atoms with Gasteiger partial charge in [0.15, 0.2) is 0 Å². The fraction of sp³-hybridized carbons (Fsp3) is 0.211. The lowest BCUT2D eigenvalue weighted by molar-refractivity contribution is 0.0946. The van der Waals surface area contributed by atoms with Crippen LogP contribution >= 0.6 is 11.6 Å². The summed E-state index contributed by atoms with van der Waals surface area (Å²) in [6, 6.07) is 14.0. The first-order chi connectivity index (χ1) is 11.5. The molecule has 1 heterocycles. The highest BCUT2D eigenvalue weighted by molar-refractivity contribution is 6.31. The maximum atomic E-state index is 13.4. The van der Waals surface area contributed by atoms with Crippen LogP contribution in [-0.2, 0) is 6.54 Å². The van der Waals surface area contributed by atoms with Crippen molar-refractivity contribution >= 4 is 28.4 Å². The molecule has 5 heteroatoms. The summed E-state index contributed by atoms with van der Waals surface area (Å²) >= 11 is 5.73. The maximum Gasteiger partial charge on any atom is 0.267 e. The summed E-state index contributed by atoms with van der Waals surface area (Å²) < 4.78 is 13.4. The van der Waals surface area contributed by atoms with Gasteiger partial charge >= 0.3 is 0 Å². The second kappa shape index (κ2) is 8.50. The zero-order valence-electron chi connectivity index (χ0n) is 13.7. The van der Waals surface area contributed by atoms with Gasteiger partial charge in [-0.15, -0.1) is 0 Å². The highest BCUT2D eigenvalue weighted by Crippen LogP contribution is 2.23. The molecule has 0 atom stereocenters. The number of aromatic nitrogens is 1. The first-order valence-electron chi connectivity index (χ1n) is 7.85. The lowest BCUT2D eigenvalue weighted by Crippen LogP contribution is -2.22. The third-order valence-electron chi connectivity index (χ3n) is 3.20. The molecule has 1 amide bonds. The van der Waals surface area contributed by atoms with Crippen molar-refractivity contribution in [1.82, 2.24) is 10.3 Å². The lowest BCUT2D eigenvalue weighted by Gasteiger charge is -2.03. The highest BCUT2D eigenvalue weighted by Gasteiger charge is 2.11. The van der Waals surface area contributed by atoms with E-state index in [1.54, 1.807) is 6.07 Å². The van der Waals surface area contributed by atoms with Crippen LogP contribution in [0, 0.1) is 5.82 Å². The second-order valence-electron chi connectivity index (χ2n) is 5.41. The molecule has 1 aromatic heterocycles. The molecule has 0 aliphatic carbocycles. The molecular formula is C19H20ClFN2O. The van der Waals surface area contributed by atoms with Crippen LogP contribution in [0.15, 0.2) is 48.5 Å². The van der Waals surface area contributed by atoms with Gasteiger partial charge in [-0.25, -0.2) is 4.39 Å². The van der Waals surface area contributed by atoms with Crippen molar-refractivity contribution in [3.05, 3.63) is 70.6 Å². The Labute approximate surface area is 145 Å². The van der Waals surface area contributed by atoms with E-state index in [4.69, 9.17) is 11.6 Å². The van der Waals surface area contributed by atoms with Crippen LogP contribution < -0.4 is 5.32 Å². The minimum Gasteiger partial charge on any atom is -0.350 e. The summed E-state index contributed by atoms with van der Waals surface area (Å²) in [5.41, 5.74) is 1.93. The molecule has 0 aliphatic rings. The van der Waals surface area contributed by atoms with Crippen LogP contribution in [0.25, 0.3) is 10.9 Å². The van der Waals surface area contributed by atoms with Crippen LogP contribution in [0.3, 0.4) is 0 Å². The Hall–Kier alpha value is -2.33. The van der Waals surface area contributed by atoms with Gasteiger partial charge in [0.1, 0.15) is 11.5 Å². The zero-order chi connectivity index (χ0) is 17.5. The van der Waals surface area contributed by atoms with Gasteiger partial charge in [0.2, 0.25) is 0 Å². The van der Waals surface area contributed by atoms with E-state index in [1.807, 2.05) is 30.3 Å². The van der Waals surface area contributed by atoms with E-state index < -0.39 is 5.82 Å². The van der Waals surface area contributed by atoms with Crippen molar-refractivity contribution < 1.29 is 9.18 Å². The molecule has 0 radical (unpaired) electrons. The average molecular weight is 347 g/mol. The molecule has 24 heavy (non-hydrogen) atoms. The van der Waals surface area contributed by atoms with E-state index in [-0.39, 0.29) is 10.9 Å². The second-order valence-corrected chi connectivity index (χ2v) is 5.82. The number of rotatable bonds is 3. The molecule has 3 aromatic rings. The smallest absolute Gasteiger partial charge is 0.267 e. The minimum absolute atomic E-state index is 0.0396. The maximum absolute atomic E-state index is 13.4. The van der Waals surface area contributed by atoms with Crippen molar-refractivity contribution in [2.75, 3.05) is 0 Å². The van der Waals surface area contributed by atoms with Crippen LogP contribution in [0.2, 0.25) is 5.02 Å². The van der Waals surface area contributed by atoms with Gasteiger partial charge in [-0.3, -0.25) is 4.79 Å². The summed E-state index contributed by atoms with van der Waals surface area (Å²) in [4.78, 5) is 15.0. The van der Waals surface area contributed by atoms with Crippen LogP contribution in [0.5, 0.6) is 0 Å². The number of hydrogen-bond donors (Lipinski definition) is 2. The van der Waals surface area contributed by atoms with Gasteiger partial charge in [-0.1, -0.05) is 62.2 Å². The number of aromatic amines is 1. The summed E-state index contributed by atoms with van der Waals surface area (Å²) in [6.45, 7) is 4.68. The number of fused-ring (bicyclic) bond motifs is 1. The molecule has 2 N–H and O–H groups in total. The molecule has 0 unspecified atom stereocenters. The van der Waals surface area contributed by atoms with Crippen molar-refractivity contribution in [1.29, 1.82) is 0 Å². The fourth-order valence-corrected chi connectivity index (χ4v) is 2.29.